The van der Waals surface area contributed by atoms with E-state index in [-0.39, 0.29) is 35.0 Å². The summed E-state index contributed by atoms with van der Waals surface area (Å²) in [5.74, 6) is 0.0440. The van der Waals surface area contributed by atoms with Crippen LogP contribution in [0, 0.1) is 0 Å². The molecule has 0 fully saturated rings. The zero-order chi connectivity index (χ0) is 21.0. The van der Waals surface area contributed by atoms with Gasteiger partial charge in [-0.3, -0.25) is 9.72 Å². The molecule has 29 heavy (non-hydrogen) atoms. The van der Waals surface area contributed by atoms with Crippen molar-refractivity contribution in [1.82, 2.24) is 24.1 Å². The fraction of sp³-hybridized carbons (Fsp3) is 0.250. The first-order chi connectivity index (χ1) is 13.9. The molecule has 2 amide bonds. The molecule has 3 aromatic rings. The molecule has 0 spiro atoms. The fourth-order valence-corrected chi connectivity index (χ4v) is 3.72. The molecular formula is C16H18N6O6S. The van der Waals surface area contributed by atoms with Crippen molar-refractivity contribution >= 4 is 27.6 Å². The van der Waals surface area contributed by atoms with E-state index in [1.807, 2.05) is 4.72 Å². The van der Waals surface area contributed by atoms with Gasteiger partial charge < -0.3 is 14.2 Å². The lowest BCUT2D eigenvalue weighted by molar-refractivity contribution is 0.179. The van der Waals surface area contributed by atoms with Gasteiger partial charge in [0.05, 0.1) is 26.9 Å². The number of carbonyl (C=O) groups is 1. The van der Waals surface area contributed by atoms with Crippen molar-refractivity contribution in [1.29, 1.82) is 0 Å². The second kappa shape index (κ2) is 8.28. The summed E-state index contributed by atoms with van der Waals surface area (Å²) in [7, 11) is -0.150. The Balaban J connectivity index is 1.89. The van der Waals surface area contributed by atoms with E-state index < -0.39 is 16.1 Å². The predicted octanol–water partition coefficient (Wildman–Crippen LogP) is 0.798. The van der Waals surface area contributed by atoms with E-state index in [2.05, 4.69) is 20.3 Å². The van der Waals surface area contributed by atoms with Gasteiger partial charge in [-0.25, -0.2) is 14.5 Å². The number of carbonyl (C=O) groups excluding carboxylic acids is 1. The van der Waals surface area contributed by atoms with Crippen LogP contribution in [0.3, 0.4) is 0 Å². The van der Waals surface area contributed by atoms with Gasteiger partial charge >= 0.3 is 6.03 Å². The smallest absolute Gasteiger partial charge is 0.335 e. The summed E-state index contributed by atoms with van der Waals surface area (Å²) in [6.45, 7) is -0.0598. The maximum absolute atomic E-state index is 12.9. The van der Waals surface area contributed by atoms with E-state index >= 15 is 0 Å². The third-order valence-electron chi connectivity index (χ3n) is 3.64. The highest BCUT2D eigenvalue weighted by Gasteiger charge is 2.27. The number of amides is 2. The first-order valence-corrected chi connectivity index (χ1v) is 9.62. The molecule has 0 aromatic carbocycles. The van der Waals surface area contributed by atoms with Gasteiger partial charge in [0, 0.05) is 13.3 Å². The van der Waals surface area contributed by atoms with E-state index in [1.165, 1.54) is 38.0 Å². The van der Waals surface area contributed by atoms with Crippen LogP contribution >= 0.6 is 0 Å². The minimum atomic E-state index is -4.31. The number of hydrogen-bond donors (Lipinski definition) is 2. The standard InChI is InChI=1S/C16H18N6O6S/c1-26-9-10-14(22-7-5-4-6-11(22)17-10)29(24,25)21-16(23)20-15-18-12(27-2)8-13(19-15)28-3/h4-8H,9H2,1-3H3,(H2,18,19,20,21,23). The number of rotatable bonds is 7. The van der Waals surface area contributed by atoms with Crippen molar-refractivity contribution in [3.8, 4) is 11.8 Å². The lowest BCUT2D eigenvalue weighted by Crippen LogP contribution is -2.36. The van der Waals surface area contributed by atoms with E-state index in [0.717, 1.165) is 0 Å². The molecule has 0 radical (unpaired) electrons. The molecule has 3 aromatic heterocycles. The number of methoxy groups -OCH3 is 3. The minimum Gasteiger partial charge on any atom is -0.481 e. The fourth-order valence-electron chi connectivity index (χ4n) is 2.50. The van der Waals surface area contributed by atoms with Crippen LogP contribution in [-0.2, 0) is 21.4 Å². The van der Waals surface area contributed by atoms with Gasteiger partial charge in [-0.2, -0.15) is 18.4 Å². The molecule has 13 heteroatoms. The van der Waals surface area contributed by atoms with Crippen molar-refractivity contribution in [3.05, 3.63) is 36.2 Å². The van der Waals surface area contributed by atoms with Crippen LogP contribution in [-0.4, -0.2) is 55.1 Å². The summed E-state index contributed by atoms with van der Waals surface area (Å²) in [5, 5.41) is 2.02. The number of urea groups is 1. The number of pyridine rings is 1. The van der Waals surface area contributed by atoms with Crippen molar-refractivity contribution in [3.63, 3.8) is 0 Å². The molecule has 3 rings (SSSR count). The highest BCUT2D eigenvalue weighted by Crippen LogP contribution is 2.20. The predicted molar refractivity (Wildman–Crippen MR) is 100 cm³/mol. The van der Waals surface area contributed by atoms with Gasteiger partial charge in [-0.05, 0) is 12.1 Å². The number of anilines is 1. The number of imidazole rings is 1. The normalized spacial score (nSPS) is 11.3. The third-order valence-corrected chi connectivity index (χ3v) is 5.03. The Morgan fingerprint density at radius 1 is 1.10 bits per heavy atom. The first-order valence-electron chi connectivity index (χ1n) is 8.13. The van der Waals surface area contributed by atoms with Crippen LogP contribution < -0.4 is 19.5 Å². The van der Waals surface area contributed by atoms with Crippen molar-refractivity contribution < 1.29 is 27.4 Å². The van der Waals surface area contributed by atoms with E-state index in [0.29, 0.717) is 5.65 Å². The number of nitrogens with one attached hydrogen (secondary N) is 2. The molecule has 2 N–H and O–H groups in total. The second-order valence-corrected chi connectivity index (χ2v) is 7.16. The number of sulfonamides is 1. The Morgan fingerprint density at radius 2 is 1.79 bits per heavy atom. The van der Waals surface area contributed by atoms with Gasteiger partial charge in [0.15, 0.2) is 5.03 Å². The summed E-state index contributed by atoms with van der Waals surface area (Å²) in [4.78, 5) is 24.4. The maximum Gasteiger partial charge on any atom is 0.335 e. The Kier molecular flexibility index (Phi) is 5.79. The molecule has 0 aliphatic rings. The SMILES string of the molecule is COCc1nc2ccccn2c1S(=O)(=O)NC(=O)Nc1nc(OC)cc(OC)n1. The quantitative estimate of drug-likeness (QED) is 0.564. The first kappa shape index (κ1) is 20.3. The maximum atomic E-state index is 12.9. The minimum absolute atomic E-state index is 0.0598. The average Bonchev–Trinajstić information content (AvgIpc) is 3.06. The molecule has 3 heterocycles. The number of hydrogen-bond acceptors (Lipinski definition) is 9. The Hall–Kier alpha value is -3.45. The van der Waals surface area contributed by atoms with Gasteiger partial charge in [-0.1, -0.05) is 6.07 Å². The largest absolute Gasteiger partial charge is 0.481 e. The zero-order valence-corrected chi connectivity index (χ0v) is 16.6. The monoisotopic (exact) mass is 422 g/mol. The summed E-state index contributed by atoms with van der Waals surface area (Å²) in [6, 6.07) is 5.31. The van der Waals surface area contributed by atoms with E-state index in [9.17, 15) is 13.2 Å². The van der Waals surface area contributed by atoms with E-state index in [1.54, 1.807) is 18.2 Å². The van der Waals surface area contributed by atoms with Gasteiger partial charge in [-0.15, -0.1) is 0 Å². The zero-order valence-electron chi connectivity index (χ0n) is 15.7. The molecular weight excluding hydrogens is 404 g/mol. The van der Waals surface area contributed by atoms with Crippen LogP contribution in [0.2, 0.25) is 0 Å². The molecule has 0 saturated heterocycles. The summed E-state index contributed by atoms with van der Waals surface area (Å²) in [5.41, 5.74) is 0.541. The Bertz CT molecular complexity index is 1120. The highest BCUT2D eigenvalue weighted by molar-refractivity contribution is 7.90. The van der Waals surface area contributed by atoms with Crippen LogP contribution in [0.1, 0.15) is 5.69 Å². The molecule has 0 aliphatic carbocycles. The molecule has 0 atom stereocenters. The second-order valence-electron chi connectivity index (χ2n) is 5.56. The van der Waals surface area contributed by atoms with Crippen LogP contribution in [0.5, 0.6) is 11.8 Å². The number of fused-ring (bicyclic) bond motifs is 1. The molecule has 0 unspecified atom stereocenters. The number of aromatic nitrogens is 4. The average molecular weight is 422 g/mol. The lowest BCUT2D eigenvalue weighted by Gasteiger charge is -2.10. The van der Waals surface area contributed by atoms with Crippen LogP contribution in [0.15, 0.2) is 35.5 Å². The van der Waals surface area contributed by atoms with Crippen LogP contribution in [0.25, 0.3) is 5.65 Å². The summed E-state index contributed by atoms with van der Waals surface area (Å²) < 4.78 is 44.0. The van der Waals surface area contributed by atoms with Crippen LogP contribution in [0.4, 0.5) is 10.7 Å². The Morgan fingerprint density at radius 3 is 2.41 bits per heavy atom. The molecule has 0 aliphatic heterocycles. The third kappa shape index (κ3) is 4.35. The highest BCUT2D eigenvalue weighted by atomic mass is 32.2. The Labute approximate surface area is 165 Å². The summed E-state index contributed by atoms with van der Waals surface area (Å²) in [6.07, 6.45) is 1.52. The molecule has 12 nitrogen and oxygen atoms in total. The molecule has 154 valence electrons. The van der Waals surface area contributed by atoms with Crippen molar-refractivity contribution in [2.24, 2.45) is 0 Å². The number of ether oxygens (including phenoxy) is 3. The topological polar surface area (TPSA) is 146 Å². The summed E-state index contributed by atoms with van der Waals surface area (Å²) >= 11 is 0. The van der Waals surface area contributed by atoms with Gasteiger partial charge in [0.25, 0.3) is 10.0 Å². The molecule has 0 saturated carbocycles. The lowest BCUT2D eigenvalue weighted by atomic mass is 10.5. The van der Waals surface area contributed by atoms with Crippen molar-refractivity contribution in [2.45, 2.75) is 11.6 Å². The van der Waals surface area contributed by atoms with Gasteiger partial charge in [0.1, 0.15) is 11.3 Å². The van der Waals surface area contributed by atoms with Crippen molar-refractivity contribution in [2.75, 3.05) is 26.6 Å². The number of nitrogens with zero attached hydrogens (tertiary/aromatic N) is 4. The van der Waals surface area contributed by atoms with E-state index in [4.69, 9.17) is 14.2 Å². The molecule has 0 bridgehead atoms. The van der Waals surface area contributed by atoms with Gasteiger partial charge in [0.2, 0.25) is 17.7 Å².